The average molecular weight is 366 g/mol. The van der Waals surface area contributed by atoms with Crippen molar-refractivity contribution in [2.24, 2.45) is 0 Å². The average Bonchev–Trinajstić information content (AvgIpc) is 2.63. The van der Waals surface area contributed by atoms with Crippen LogP contribution in [0.15, 0.2) is 53.6 Å². The summed E-state index contributed by atoms with van der Waals surface area (Å²) in [5, 5.41) is 4.93. The highest BCUT2D eigenvalue weighted by Gasteiger charge is 2.10. The number of nitrogens with zero attached hydrogens (tertiary/aromatic N) is 1. The number of benzene rings is 2. The smallest absolute Gasteiger partial charge is 0.234 e. The zero-order chi connectivity index (χ0) is 18.5. The Labute approximate surface area is 158 Å². The Kier molecular flexibility index (Phi) is 5.78. The number of nitrogens with one attached hydrogen (secondary N) is 1. The molecular weight excluding hydrogens is 344 g/mol. The second-order valence-corrected chi connectivity index (χ2v) is 7.01. The molecule has 0 atom stereocenters. The minimum atomic E-state index is -0.0773. The van der Waals surface area contributed by atoms with Crippen LogP contribution in [0.5, 0.6) is 5.75 Å². The minimum absolute atomic E-state index is 0.0773. The van der Waals surface area contributed by atoms with Crippen molar-refractivity contribution in [3.63, 3.8) is 0 Å². The Bertz CT molecular complexity index is 940. The quantitative estimate of drug-likeness (QED) is 0.625. The van der Waals surface area contributed by atoms with Crippen molar-refractivity contribution in [2.75, 3.05) is 17.7 Å². The number of rotatable bonds is 6. The molecule has 1 heterocycles. The summed E-state index contributed by atoms with van der Waals surface area (Å²) in [4.78, 5) is 17.1. The third-order valence-electron chi connectivity index (χ3n) is 4.04. The van der Waals surface area contributed by atoms with Gasteiger partial charge in [-0.3, -0.25) is 4.79 Å². The van der Waals surface area contributed by atoms with Crippen LogP contribution < -0.4 is 10.1 Å². The van der Waals surface area contributed by atoms with E-state index in [9.17, 15) is 4.79 Å². The van der Waals surface area contributed by atoms with Gasteiger partial charge in [0, 0.05) is 5.39 Å². The number of carbonyl (C=O) groups is 1. The molecule has 0 saturated carbocycles. The normalized spacial score (nSPS) is 10.7. The molecule has 4 nitrogen and oxygen atoms in total. The van der Waals surface area contributed by atoms with E-state index in [1.807, 2.05) is 43.3 Å². The number of carbonyl (C=O) groups excluding carboxylic acids is 1. The molecule has 3 rings (SSSR count). The molecule has 1 amide bonds. The van der Waals surface area contributed by atoms with Gasteiger partial charge in [-0.2, -0.15) is 0 Å². The first-order chi connectivity index (χ1) is 12.6. The molecule has 26 heavy (non-hydrogen) atoms. The number of ether oxygens (including phenoxy) is 1. The van der Waals surface area contributed by atoms with E-state index in [0.29, 0.717) is 23.8 Å². The lowest BCUT2D eigenvalue weighted by Crippen LogP contribution is -2.15. The fourth-order valence-electron chi connectivity index (χ4n) is 2.78. The van der Waals surface area contributed by atoms with Gasteiger partial charge < -0.3 is 10.1 Å². The monoisotopic (exact) mass is 366 g/mol. The number of thioether (sulfide) groups is 1. The lowest BCUT2D eigenvalue weighted by atomic mass is 10.1. The predicted octanol–water partition coefficient (Wildman–Crippen LogP) is 4.98. The van der Waals surface area contributed by atoms with Crippen LogP contribution in [0.2, 0.25) is 0 Å². The maximum Gasteiger partial charge on any atom is 0.234 e. The Morgan fingerprint density at radius 2 is 1.92 bits per heavy atom. The lowest BCUT2D eigenvalue weighted by molar-refractivity contribution is -0.113. The highest BCUT2D eigenvalue weighted by Crippen LogP contribution is 2.27. The van der Waals surface area contributed by atoms with Crippen LogP contribution in [0.1, 0.15) is 18.1 Å². The molecule has 0 fully saturated rings. The number of hydrogen-bond donors (Lipinski definition) is 1. The molecule has 2 aromatic carbocycles. The van der Waals surface area contributed by atoms with Gasteiger partial charge in [0.25, 0.3) is 0 Å². The summed E-state index contributed by atoms with van der Waals surface area (Å²) >= 11 is 1.44. The molecule has 0 spiro atoms. The number of fused-ring (bicyclic) bond motifs is 1. The van der Waals surface area contributed by atoms with Crippen LogP contribution in [0.25, 0.3) is 10.9 Å². The number of para-hydroxylation sites is 3. The van der Waals surface area contributed by atoms with Crippen molar-refractivity contribution < 1.29 is 9.53 Å². The Morgan fingerprint density at radius 3 is 2.73 bits per heavy atom. The number of pyridine rings is 1. The van der Waals surface area contributed by atoms with Gasteiger partial charge in [0.1, 0.15) is 5.75 Å². The first-order valence-electron chi connectivity index (χ1n) is 8.60. The van der Waals surface area contributed by atoms with Crippen LogP contribution in [0.3, 0.4) is 0 Å². The van der Waals surface area contributed by atoms with E-state index < -0.39 is 0 Å². The number of aromatic nitrogens is 1. The molecule has 0 aliphatic rings. The van der Waals surface area contributed by atoms with Gasteiger partial charge >= 0.3 is 0 Å². The van der Waals surface area contributed by atoms with Crippen LogP contribution in [-0.4, -0.2) is 23.3 Å². The summed E-state index contributed by atoms with van der Waals surface area (Å²) < 4.78 is 5.54. The van der Waals surface area contributed by atoms with E-state index in [4.69, 9.17) is 9.72 Å². The zero-order valence-electron chi connectivity index (χ0n) is 15.2. The summed E-state index contributed by atoms with van der Waals surface area (Å²) in [6, 6.07) is 15.7. The second-order valence-electron chi connectivity index (χ2n) is 6.01. The summed E-state index contributed by atoms with van der Waals surface area (Å²) in [5.74, 6) is 0.903. The molecule has 0 unspecified atom stereocenters. The Balaban J connectivity index is 1.70. The second kappa shape index (κ2) is 8.23. The summed E-state index contributed by atoms with van der Waals surface area (Å²) in [7, 11) is 0. The van der Waals surface area contributed by atoms with Gasteiger partial charge in [-0.25, -0.2) is 4.98 Å². The maximum atomic E-state index is 12.3. The Morgan fingerprint density at radius 1 is 1.12 bits per heavy atom. The van der Waals surface area contributed by atoms with E-state index in [1.165, 1.54) is 17.3 Å². The third kappa shape index (κ3) is 4.17. The highest BCUT2D eigenvalue weighted by atomic mass is 32.2. The van der Waals surface area contributed by atoms with Gasteiger partial charge in [-0.05, 0) is 50.1 Å². The molecule has 0 saturated heterocycles. The first-order valence-corrected chi connectivity index (χ1v) is 9.58. The SMILES string of the molecule is CCOc1ccccc1NC(=O)CSc1cc(C)c2cccc(C)c2n1. The first kappa shape index (κ1) is 18.3. The highest BCUT2D eigenvalue weighted by molar-refractivity contribution is 7.99. The number of aryl methyl sites for hydroxylation is 2. The fraction of sp³-hybridized carbons (Fsp3) is 0.238. The van der Waals surface area contributed by atoms with E-state index in [1.54, 1.807) is 0 Å². The van der Waals surface area contributed by atoms with E-state index in [2.05, 4.69) is 31.3 Å². The molecule has 0 aliphatic carbocycles. The van der Waals surface area contributed by atoms with Gasteiger partial charge in [0.05, 0.1) is 28.6 Å². The Hall–Kier alpha value is -2.53. The summed E-state index contributed by atoms with van der Waals surface area (Å²) in [5.41, 5.74) is 4.00. The van der Waals surface area contributed by atoms with Crippen LogP contribution in [-0.2, 0) is 4.79 Å². The fourth-order valence-corrected chi connectivity index (χ4v) is 3.55. The minimum Gasteiger partial charge on any atom is -0.492 e. The molecular formula is C21H22N2O2S. The van der Waals surface area contributed by atoms with Crippen molar-refractivity contribution in [3.8, 4) is 5.75 Å². The summed E-state index contributed by atoms with van der Waals surface area (Å²) in [6.45, 7) is 6.61. The number of anilines is 1. The number of hydrogen-bond acceptors (Lipinski definition) is 4. The third-order valence-corrected chi connectivity index (χ3v) is 4.95. The topological polar surface area (TPSA) is 51.2 Å². The molecule has 0 bridgehead atoms. The van der Waals surface area contributed by atoms with E-state index in [-0.39, 0.29) is 5.91 Å². The van der Waals surface area contributed by atoms with Gasteiger partial charge in [-0.1, -0.05) is 42.1 Å². The maximum absolute atomic E-state index is 12.3. The molecule has 5 heteroatoms. The van der Waals surface area contributed by atoms with E-state index in [0.717, 1.165) is 21.5 Å². The van der Waals surface area contributed by atoms with E-state index >= 15 is 0 Å². The lowest BCUT2D eigenvalue weighted by Gasteiger charge is -2.11. The molecule has 1 aromatic heterocycles. The van der Waals surface area contributed by atoms with Crippen LogP contribution >= 0.6 is 11.8 Å². The van der Waals surface area contributed by atoms with Crippen molar-refractivity contribution in [2.45, 2.75) is 25.8 Å². The van der Waals surface area contributed by atoms with Crippen molar-refractivity contribution in [1.82, 2.24) is 4.98 Å². The molecule has 3 aromatic rings. The van der Waals surface area contributed by atoms with Crippen molar-refractivity contribution in [3.05, 3.63) is 59.7 Å². The van der Waals surface area contributed by atoms with Crippen molar-refractivity contribution in [1.29, 1.82) is 0 Å². The van der Waals surface area contributed by atoms with Gasteiger partial charge in [0.15, 0.2) is 0 Å². The van der Waals surface area contributed by atoms with Gasteiger partial charge in [-0.15, -0.1) is 0 Å². The molecule has 0 aliphatic heterocycles. The largest absolute Gasteiger partial charge is 0.492 e. The van der Waals surface area contributed by atoms with Crippen LogP contribution in [0.4, 0.5) is 5.69 Å². The zero-order valence-corrected chi connectivity index (χ0v) is 16.0. The molecule has 1 N–H and O–H groups in total. The van der Waals surface area contributed by atoms with Crippen molar-refractivity contribution >= 4 is 34.3 Å². The molecule has 134 valence electrons. The predicted molar refractivity (Wildman–Crippen MR) is 108 cm³/mol. The standard InChI is InChI=1S/C21H22N2O2S/c1-4-25-18-11-6-5-10-17(18)22-19(24)13-26-20-12-15(3)16-9-7-8-14(2)21(16)23-20/h5-12H,4,13H2,1-3H3,(H,22,24). The number of amides is 1. The van der Waals surface area contributed by atoms with Gasteiger partial charge in [0.2, 0.25) is 5.91 Å². The van der Waals surface area contributed by atoms with Crippen LogP contribution in [0, 0.1) is 13.8 Å². The summed E-state index contributed by atoms with van der Waals surface area (Å²) in [6.07, 6.45) is 0. The molecule has 0 radical (unpaired) electrons.